The van der Waals surface area contributed by atoms with Crippen molar-refractivity contribution >= 4 is 5.97 Å². The molecule has 0 spiro atoms. The van der Waals surface area contributed by atoms with Gasteiger partial charge in [-0.3, -0.25) is 5.10 Å². The summed E-state index contributed by atoms with van der Waals surface area (Å²) in [4.78, 5) is 18.0. The third kappa shape index (κ3) is 1.26. The average Bonchev–Trinajstić information content (AvgIpc) is 2.85. The van der Waals surface area contributed by atoms with E-state index < -0.39 is 5.97 Å². The van der Waals surface area contributed by atoms with Crippen LogP contribution >= 0.6 is 0 Å². The lowest BCUT2D eigenvalue weighted by atomic mass is 10.2. The van der Waals surface area contributed by atoms with Gasteiger partial charge in [-0.2, -0.15) is 5.10 Å². The molecule has 0 aromatic carbocycles. The Hall–Kier alpha value is -2.11. The summed E-state index contributed by atoms with van der Waals surface area (Å²) in [6.07, 6.45) is 4.68. The van der Waals surface area contributed by atoms with Crippen molar-refractivity contribution in [2.24, 2.45) is 0 Å². The normalized spacial score (nSPS) is 10.1. The minimum absolute atomic E-state index is 0.316. The van der Waals surface area contributed by atoms with Crippen LogP contribution in [0.3, 0.4) is 0 Å². The number of carbonyl (C=O) groups is 1. The quantitative estimate of drug-likeness (QED) is 0.682. The number of imidazole rings is 1. The maximum Gasteiger partial charge on any atom is 0.356 e. The van der Waals surface area contributed by atoms with Crippen LogP contribution in [0, 0.1) is 0 Å². The van der Waals surface area contributed by atoms with Crippen LogP contribution in [0.5, 0.6) is 0 Å². The van der Waals surface area contributed by atoms with Crippen LogP contribution < -0.4 is 0 Å². The molecule has 0 amide bonds. The van der Waals surface area contributed by atoms with Gasteiger partial charge in [0, 0.05) is 0 Å². The number of esters is 1. The van der Waals surface area contributed by atoms with E-state index in [2.05, 4.69) is 24.9 Å². The molecule has 0 aliphatic carbocycles. The summed E-state index contributed by atoms with van der Waals surface area (Å²) in [5.74, 6) is -0.452. The Bertz CT molecular complexity index is 432. The number of nitrogens with zero attached hydrogens (tertiary/aromatic N) is 2. The average molecular weight is 192 g/mol. The summed E-state index contributed by atoms with van der Waals surface area (Å²) in [5, 5.41) is 6.35. The van der Waals surface area contributed by atoms with E-state index in [9.17, 15) is 4.79 Å². The van der Waals surface area contributed by atoms with E-state index in [4.69, 9.17) is 0 Å². The van der Waals surface area contributed by atoms with Crippen LogP contribution in [-0.4, -0.2) is 33.2 Å². The van der Waals surface area contributed by atoms with Gasteiger partial charge in [0.15, 0.2) is 5.69 Å². The van der Waals surface area contributed by atoms with Crippen molar-refractivity contribution in [3.63, 3.8) is 0 Å². The molecule has 0 aliphatic heterocycles. The summed E-state index contributed by atoms with van der Waals surface area (Å²) in [5.41, 5.74) is 1.69. The van der Waals surface area contributed by atoms with Gasteiger partial charge in [-0.05, 0) is 0 Å². The van der Waals surface area contributed by atoms with Crippen LogP contribution in [0.1, 0.15) is 10.5 Å². The summed E-state index contributed by atoms with van der Waals surface area (Å²) in [6.45, 7) is 0. The second-order valence-corrected chi connectivity index (χ2v) is 2.62. The Kier molecular flexibility index (Phi) is 2.02. The minimum Gasteiger partial charge on any atom is -0.464 e. The number of H-pyrrole nitrogens is 2. The van der Waals surface area contributed by atoms with Crippen LogP contribution in [-0.2, 0) is 4.74 Å². The Balaban J connectivity index is 2.45. The van der Waals surface area contributed by atoms with Crippen molar-refractivity contribution in [2.45, 2.75) is 0 Å². The first kappa shape index (κ1) is 8.49. The molecule has 0 fully saturated rings. The molecule has 0 saturated carbocycles. The maximum absolute atomic E-state index is 11.3. The fourth-order valence-corrected chi connectivity index (χ4v) is 1.15. The van der Waals surface area contributed by atoms with Crippen LogP contribution in [0.15, 0.2) is 18.7 Å². The van der Waals surface area contributed by atoms with Gasteiger partial charge in [0.05, 0.1) is 37.1 Å². The molecule has 2 heterocycles. The molecule has 14 heavy (non-hydrogen) atoms. The van der Waals surface area contributed by atoms with E-state index in [-0.39, 0.29) is 0 Å². The van der Waals surface area contributed by atoms with Crippen molar-refractivity contribution in [1.82, 2.24) is 20.2 Å². The van der Waals surface area contributed by atoms with Gasteiger partial charge >= 0.3 is 5.97 Å². The summed E-state index contributed by atoms with van der Waals surface area (Å²) in [6, 6.07) is 0. The smallest absolute Gasteiger partial charge is 0.356 e. The Morgan fingerprint density at radius 3 is 3.00 bits per heavy atom. The zero-order chi connectivity index (χ0) is 9.97. The second kappa shape index (κ2) is 3.33. The van der Waals surface area contributed by atoms with Crippen LogP contribution in [0.25, 0.3) is 11.3 Å². The lowest BCUT2D eigenvalue weighted by Gasteiger charge is -1.97. The molecule has 2 N–H and O–H groups in total. The lowest BCUT2D eigenvalue weighted by molar-refractivity contribution is 0.0595. The first-order valence-electron chi connectivity index (χ1n) is 3.93. The zero-order valence-electron chi connectivity index (χ0n) is 7.44. The first-order chi connectivity index (χ1) is 6.83. The van der Waals surface area contributed by atoms with E-state index in [0.717, 1.165) is 5.69 Å². The molecule has 6 nitrogen and oxygen atoms in total. The fourth-order valence-electron chi connectivity index (χ4n) is 1.15. The van der Waals surface area contributed by atoms with E-state index in [1.807, 2.05) is 0 Å². The summed E-state index contributed by atoms with van der Waals surface area (Å²) in [7, 11) is 1.32. The fraction of sp³-hybridized carbons (Fsp3) is 0.125. The molecule has 2 rings (SSSR count). The number of ether oxygens (including phenoxy) is 1. The molecule has 0 unspecified atom stereocenters. The Morgan fingerprint density at radius 1 is 1.50 bits per heavy atom. The van der Waals surface area contributed by atoms with Gasteiger partial charge in [0.25, 0.3) is 0 Å². The molecule has 2 aromatic rings. The number of nitrogens with one attached hydrogen (secondary N) is 2. The molecular formula is C8H8N4O2. The third-order valence-corrected chi connectivity index (χ3v) is 1.82. The monoisotopic (exact) mass is 192 g/mol. The Morgan fingerprint density at radius 2 is 2.36 bits per heavy atom. The van der Waals surface area contributed by atoms with Crippen molar-refractivity contribution in [1.29, 1.82) is 0 Å². The molecule has 0 radical (unpaired) electrons. The number of hydrogen-bond acceptors (Lipinski definition) is 4. The van der Waals surface area contributed by atoms with Crippen molar-refractivity contribution < 1.29 is 9.53 Å². The molecule has 2 aromatic heterocycles. The summed E-state index contributed by atoms with van der Waals surface area (Å²) < 4.78 is 4.59. The lowest BCUT2D eigenvalue weighted by Crippen LogP contribution is -2.03. The van der Waals surface area contributed by atoms with Crippen molar-refractivity contribution in [3.8, 4) is 11.3 Å². The second-order valence-electron chi connectivity index (χ2n) is 2.62. The molecule has 0 aliphatic rings. The zero-order valence-corrected chi connectivity index (χ0v) is 7.44. The van der Waals surface area contributed by atoms with Gasteiger partial charge in [0.1, 0.15) is 0 Å². The molecule has 6 heteroatoms. The standard InChI is InChI=1S/C8H8N4O2/c1-14-8(13)7-5(2-11-12-7)6-3-9-4-10-6/h2-4H,1H3,(H,9,10)(H,11,12). The highest BCUT2D eigenvalue weighted by atomic mass is 16.5. The number of rotatable bonds is 2. The highest BCUT2D eigenvalue weighted by molar-refractivity contribution is 5.94. The van der Waals surface area contributed by atoms with E-state index in [0.29, 0.717) is 11.3 Å². The number of aromatic nitrogens is 4. The number of aromatic amines is 2. The van der Waals surface area contributed by atoms with Gasteiger partial charge < -0.3 is 9.72 Å². The number of methoxy groups -OCH3 is 1. The maximum atomic E-state index is 11.3. The molecular weight excluding hydrogens is 184 g/mol. The van der Waals surface area contributed by atoms with Crippen LogP contribution in [0.2, 0.25) is 0 Å². The van der Waals surface area contributed by atoms with E-state index >= 15 is 0 Å². The first-order valence-corrected chi connectivity index (χ1v) is 3.93. The van der Waals surface area contributed by atoms with Gasteiger partial charge in [-0.1, -0.05) is 0 Å². The van der Waals surface area contributed by atoms with Gasteiger partial charge in [-0.25, -0.2) is 9.78 Å². The largest absolute Gasteiger partial charge is 0.464 e. The van der Waals surface area contributed by atoms with E-state index in [1.165, 1.54) is 13.4 Å². The van der Waals surface area contributed by atoms with Gasteiger partial charge in [-0.15, -0.1) is 0 Å². The molecule has 0 saturated heterocycles. The predicted octanol–water partition coefficient (Wildman–Crippen LogP) is 0.586. The molecule has 0 bridgehead atoms. The van der Waals surface area contributed by atoms with E-state index in [1.54, 1.807) is 12.4 Å². The number of carbonyl (C=O) groups excluding carboxylic acids is 1. The van der Waals surface area contributed by atoms with Gasteiger partial charge in [0.2, 0.25) is 0 Å². The topological polar surface area (TPSA) is 83.7 Å². The minimum atomic E-state index is -0.452. The third-order valence-electron chi connectivity index (χ3n) is 1.82. The van der Waals surface area contributed by atoms with Crippen molar-refractivity contribution in [3.05, 3.63) is 24.4 Å². The SMILES string of the molecule is COC(=O)c1[nH]ncc1-c1cnc[nH]1. The van der Waals surface area contributed by atoms with Crippen LogP contribution in [0.4, 0.5) is 0 Å². The molecule has 0 atom stereocenters. The highest BCUT2D eigenvalue weighted by Gasteiger charge is 2.15. The Labute approximate surface area is 79.3 Å². The van der Waals surface area contributed by atoms with Crippen molar-refractivity contribution in [2.75, 3.05) is 7.11 Å². The number of hydrogen-bond donors (Lipinski definition) is 2. The predicted molar refractivity (Wildman–Crippen MR) is 47.5 cm³/mol. The highest BCUT2D eigenvalue weighted by Crippen LogP contribution is 2.18. The summed E-state index contributed by atoms with van der Waals surface area (Å²) >= 11 is 0. The molecule has 72 valence electrons.